The molecule has 0 atom stereocenters. The second-order valence-electron chi connectivity index (χ2n) is 11.0. The highest BCUT2D eigenvalue weighted by molar-refractivity contribution is 5.78. The van der Waals surface area contributed by atoms with Gasteiger partial charge < -0.3 is 14.5 Å². The highest BCUT2D eigenvalue weighted by Crippen LogP contribution is 2.50. The first-order valence-electron chi connectivity index (χ1n) is 13.3. The molecule has 0 unspecified atom stereocenters. The highest BCUT2D eigenvalue weighted by Gasteiger charge is 2.55. The van der Waals surface area contributed by atoms with Crippen LogP contribution in [0.2, 0.25) is 0 Å². The van der Waals surface area contributed by atoms with Crippen molar-refractivity contribution in [1.82, 2.24) is 14.7 Å². The molecule has 36 heavy (non-hydrogen) atoms. The summed E-state index contributed by atoms with van der Waals surface area (Å²) in [7, 11) is 3.75. The van der Waals surface area contributed by atoms with Crippen LogP contribution in [-0.4, -0.2) is 60.1 Å². The summed E-state index contributed by atoms with van der Waals surface area (Å²) in [4.78, 5) is 20.4. The van der Waals surface area contributed by atoms with Crippen molar-refractivity contribution in [2.75, 3.05) is 33.8 Å². The first-order valence-corrected chi connectivity index (χ1v) is 13.3. The van der Waals surface area contributed by atoms with E-state index in [9.17, 15) is 10.1 Å². The van der Waals surface area contributed by atoms with Crippen molar-refractivity contribution in [1.29, 1.82) is 5.26 Å². The van der Waals surface area contributed by atoms with Gasteiger partial charge in [0.15, 0.2) is 0 Å². The molecule has 190 valence electrons. The number of hydrogen-bond acceptors (Lipinski definition) is 4. The van der Waals surface area contributed by atoms with Gasteiger partial charge in [-0.3, -0.25) is 4.90 Å². The molecule has 2 aliphatic carbocycles. The molecule has 3 fully saturated rings. The van der Waals surface area contributed by atoms with E-state index < -0.39 is 0 Å². The summed E-state index contributed by atoms with van der Waals surface area (Å²) >= 11 is 0. The number of benzene rings is 2. The lowest BCUT2D eigenvalue weighted by Gasteiger charge is -2.52. The number of amides is 2. The first-order chi connectivity index (χ1) is 17.5. The van der Waals surface area contributed by atoms with Crippen LogP contribution >= 0.6 is 0 Å². The Kier molecular flexibility index (Phi) is 6.94. The molecule has 1 spiro atoms. The number of hydrogen-bond donors (Lipinski definition) is 0. The maximum absolute atomic E-state index is 13.8. The molecule has 0 radical (unpaired) electrons. The SMILES string of the molecule is COc1ccc(CN2CC3(CCC(c4ccccc4)(N(C)CC#N)CC3)N(CC3CCC3)C2=O)cc1. The van der Waals surface area contributed by atoms with E-state index in [4.69, 9.17) is 4.74 Å². The maximum atomic E-state index is 13.8. The van der Waals surface area contributed by atoms with E-state index in [1.54, 1.807) is 7.11 Å². The third-order valence-corrected chi connectivity index (χ3v) is 9.11. The van der Waals surface area contributed by atoms with Crippen LogP contribution < -0.4 is 4.74 Å². The average molecular weight is 487 g/mol. The fourth-order valence-corrected chi connectivity index (χ4v) is 6.62. The Morgan fingerprint density at radius 2 is 1.75 bits per heavy atom. The van der Waals surface area contributed by atoms with Crippen LogP contribution in [0, 0.1) is 17.2 Å². The lowest BCUT2D eigenvalue weighted by Crippen LogP contribution is -2.57. The topological polar surface area (TPSA) is 59.8 Å². The van der Waals surface area contributed by atoms with Crippen LogP contribution in [0.5, 0.6) is 5.75 Å². The Morgan fingerprint density at radius 1 is 1.06 bits per heavy atom. The normalized spacial score (nSPS) is 26.3. The van der Waals surface area contributed by atoms with Gasteiger partial charge in [0, 0.05) is 25.2 Å². The van der Waals surface area contributed by atoms with Crippen LogP contribution in [-0.2, 0) is 12.1 Å². The van der Waals surface area contributed by atoms with E-state index in [2.05, 4.69) is 70.3 Å². The molecular weight excluding hydrogens is 448 g/mol. The van der Waals surface area contributed by atoms with Gasteiger partial charge in [-0.1, -0.05) is 48.9 Å². The molecule has 0 bridgehead atoms. The van der Waals surface area contributed by atoms with Crippen molar-refractivity contribution in [3.63, 3.8) is 0 Å². The van der Waals surface area contributed by atoms with Crippen molar-refractivity contribution < 1.29 is 9.53 Å². The van der Waals surface area contributed by atoms with Gasteiger partial charge in [0.2, 0.25) is 0 Å². The fourth-order valence-electron chi connectivity index (χ4n) is 6.62. The number of carbonyl (C=O) groups is 1. The third kappa shape index (κ3) is 4.46. The summed E-state index contributed by atoms with van der Waals surface area (Å²) in [5.41, 5.74) is 2.11. The molecule has 6 heteroatoms. The van der Waals surface area contributed by atoms with Crippen LogP contribution in [0.1, 0.15) is 56.1 Å². The van der Waals surface area contributed by atoms with Gasteiger partial charge in [-0.05, 0) is 74.8 Å². The minimum Gasteiger partial charge on any atom is -0.497 e. The Labute approximate surface area is 215 Å². The second kappa shape index (κ2) is 10.1. The second-order valence-corrected chi connectivity index (χ2v) is 11.0. The van der Waals surface area contributed by atoms with Gasteiger partial charge in [-0.25, -0.2) is 4.79 Å². The quantitative estimate of drug-likeness (QED) is 0.469. The van der Waals surface area contributed by atoms with Crippen LogP contribution in [0.15, 0.2) is 54.6 Å². The summed E-state index contributed by atoms with van der Waals surface area (Å²) < 4.78 is 5.31. The van der Waals surface area contributed by atoms with Gasteiger partial charge in [-0.15, -0.1) is 0 Å². The standard InChI is InChI=1S/C30H38N4O2/c1-32(20-19-31)30(26-9-4-3-5-10-26)17-15-29(16-18-30)23-33(21-25-11-13-27(36-2)14-12-25)28(35)34(29)22-24-7-6-8-24/h3-5,9-14,24H,6-8,15-18,20-23H2,1-2H3. The molecular formula is C30H38N4O2. The summed E-state index contributed by atoms with van der Waals surface area (Å²) in [6.45, 7) is 2.68. The molecule has 2 saturated carbocycles. The molecule has 2 aromatic carbocycles. The molecule has 1 heterocycles. The minimum atomic E-state index is -0.170. The monoisotopic (exact) mass is 486 g/mol. The lowest BCUT2D eigenvalue weighted by molar-refractivity contribution is 0.0103. The molecule has 6 nitrogen and oxygen atoms in total. The predicted molar refractivity (Wildman–Crippen MR) is 140 cm³/mol. The minimum absolute atomic E-state index is 0.134. The van der Waals surface area contributed by atoms with E-state index in [1.165, 1.54) is 24.8 Å². The van der Waals surface area contributed by atoms with Crippen molar-refractivity contribution in [2.24, 2.45) is 5.92 Å². The third-order valence-electron chi connectivity index (χ3n) is 9.11. The lowest BCUT2D eigenvalue weighted by atomic mass is 9.68. The number of nitriles is 1. The Hall–Kier alpha value is -3.04. The number of nitrogens with zero attached hydrogens (tertiary/aromatic N) is 4. The van der Waals surface area contributed by atoms with Crippen molar-refractivity contribution >= 4 is 6.03 Å². The van der Waals surface area contributed by atoms with Crippen LogP contribution in [0.3, 0.4) is 0 Å². The van der Waals surface area contributed by atoms with E-state index in [-0.39, 0.29) is 17.1 Å². The molecule has 5 rings (SSSR count). The number of rotatable bonds is 8. The summed E-state index contributed by atoms with van der Waals surface area (Å²) in [5, 5.41) is 9.49. The summed E-state index contributed by atoms with van der Waals surface area (Å²) in [5.74, 6) is 1.47. The van der Waals surface area contributed by atoms with E-state index in [0.29, 0.717) is 19.0 Å². The van der Waals surface area contributed by atoms with Crippen molar-refractivity contribution in [3.8, 4) is 11.8 Å². The summed E-state index contributed by atoms with van der Waals surface area (Å²) in [6.07, 6.45) is 7.55. The van der Waals surface area contributed by atoms with Gasteiger partial charge in [0.1, 0.15) is 5.75 Å². The van der Waals surface area contributed by atoms with Gasteiger partial charge in [-0.2, -0.15) is 5.26 Å². The first kappa shape index (κ1) is 24.6. The van der Waals surface area contributed by atoms with Crippen LogP contribution in [0.25, 0.3) is 0 Å². The number of methoxy groups -OCH3 is 1. The van der Waals surface area contributed by atoms with Crippen molar-refractivity contribution in [2.45, 2.75) is 62.6 Å². The Balaban J connectivity index is 1.40. The molecule has 0 N–H and O–H groups in total. The largest absolute Gasteiger partial charge is 0.497 e. The van der Waals surface area contributed by atoms with Gasteiger partial charge >= 0.3 is 6.03 Å². The van der Waals surface area contributed by atoms with Gasteiger partial charge in [0.05, 0.1) is 25.3 Å². The molecule has 3 aliphatic rings. The fraction of sp³-hybridized carbons (Fsp3) is 0.533. The predicted octanol–water partition coefficient (Wildman–Crippen LogP) is 5.40. The smallest absolute Gasteiger partial charge is 0.320 e. The summed E-state index contributed by atoms with van der Waals surface area (Å²) in [6, 6.07) is 21.3. The zero-order chi connectivity index (χ0) is 25.2. The van der Waals surface area contributed by atoms with Gasteiger partial charge in [0.25, 0.3) is 0 Å². The number of ether oxygens (including phenoxy) is 1. The van der Waals surface area contributed by atoms with E-state index in [1.807, 2.05) is 12.1 Å². The molecule has 1 saturated heterocycles. The zero-order valence-corrected chi connectivity index (χ0v) is 21.7. The molecule has 1 aliphatic heterocycles. The Morgan fingerprint density at radius 3 is 2.33 bits per heavy atom. The van der Waals surface area contributed by atoms with Crippen molar-refractivity contribution in [3.05, 3.63) is 65.7 Å². The van der Waals surface area contributed by atoms with E-state index >= 15 is 0 Å². The molecule has 2 amide bonds. The number of carbonyl (C=O) groups excluding carboxylic acids is 1. The maximum Gasteiger partial charge on any atom is 0.320 e. The van der Waals surface area contributed by atoms with Crippen LogP contribution in [0.4, 0.5) is 4.79 Å². The average Bonchev–Trinajstić information content (AvgIpc) is 3.13. The van der Waals surface area contributed by atoms with E-state index in [0.717, 1.165) is 50.1 Å². The highest BCUT2D eigenvalue weighted by atomic mass is 16.5. The zero-order valence-electron chi connectivity index (χ0n) is 21.7. The number of urea groups is 1. The molecule has 0 aromatic heterocycles. The Bertz CT molecular complexity index is 1080. The molecule has 2 aromatic rings.